The van der Waals surface area contributed by atoms with Gasteiger partial charge in [-0.05, 0) is 59.2 Å². The number of carbonyl (C=O) groups excluding carboxylic acids is 2. The number of anilines is 1. The minimum absolute atomic E-state index is 0.202. The standard InChI is InChI=1S/C24H31N7O5/c1-6-30-17(9-13(2)28-30)21(33)27-22-26-16-10-14(20(25)32)11-18-19(16)31(22)15(12-36-18)7-8-29(23(34)35)24(3,4)5/h9-11,15H,6-8,12H2,1-5H3,(H2,25,32)(H,34,35)(H,26,27,33)/t15-/m0/s1. The number of ether oxygens (including phenoxy) is 1. The number of nitrogens with zero attached hydrogens (tertiary/aromatic N) is 5. The molecule has 12 nitrogen and oxygen atoms in total. The maximum Gasteiger partial charge on any atom is 0.407 e. The second kappa shape index (κ2) is 9.17. The van der Waals surface area contributed by atoms with Gasteiger partial charge in [0.1, 0.15) is 23.6 Å². The van der Waals surface area contributed by atoms with Crippen molar-refractivity contribution in [3.8, 4) is 5.75 Å². The number of aromatic nitrogens is 4. The fraction of sp³-hybridized carbons (Fsp3) is 0.458. The first kappa shape index (κ1) is 25.0. The van der Waals surface area contributed by atoms with E-state index in [1.54, 1.807) is 22.9 Å². The van der Waals surface area contributed by atoms with Gasteiger partial charge >= 0.3 is 6.09 Å². The fourth-order valence-electron chi connectivity index (χ4n) is 4.49. The van der Waals surface area contributed by atoms with Crippen molar-refractivity contribution >= 4 is 34.9 Å². The lowest BCUT2D eigenvalue weighted by molar-refractivity contribution is 0.0930. The van der Waals surface area contributed by atoms with Crippen molar-refractivity contribution in [3.05, 3.63) is 35.2 Å². The predicted octanol–water partition coefficient (Wildman–Crippen LogP) is 3.01. The van der Waals surface area contributed by atoms with Gasteiger partial charge in [0.15, 0.2) is 0 Å². The van der Waals surface area contributed by atoms with Gasteiger partial charge < -0.3 is 25.0 Å². The molecule has 4 N–H and O–H groups in total. The van der Waals surface area contributed by atoms with Gasteiger partial charge in [-0.25, -0.2) is 9.78 Å². The van der Waals surface area contributed by atoms with Crippen LogP contribution < -0.4 is 15.8 Å². The average molecular weight is 498 g/mol. The summed E-state index contributed by atoms with van der Waals surface area (Å²) < 4.78 is 9.41. The van der Waals surface area contributed by atoms with Gasteiger partial charge in [0, 0.05) is 24.2 Å². The second-order valence-electron chi connectivity index (χ2n) is 9.81. The van der Waals surface area contributed by atoms with E-state index < -0.39 is 17.5 Å². The first-order valence-electron chi connectivity index (χ1n) is 11.8. The maximum atomic E-state index is 13.2. The van der Waals surface area contributed by atoms with Crippen LogP contribution in [0.2, 0.25) is 0 Å². The molecule has 0 aliphatic carbocycles. The van der Waals surface area contributed by atoms with Gasteiger partial charge in [0.05, 0.1) is 17.3 Å². The third-order valence-corrected chi connectivity index (χ3v) is 6.22. The van der Waals surface area contributed by atoms with Crippen LogP contribution >= 0.6 is 0 Å². The topological polar surface area (TPSA) is 158 Å². The van der Waals surface area contributed by atoms with Crippen molar-refractivity contribution in [1.82, 2.24) is 24.2 Å². The molecule has 0 saturated heterocycles. The van der Waals surface area contributed by atoms with Crippen LogP contribution in [-0.4, -0.2) is 65.9 Å². The summed E-state index contributed by atoms with van der Waals surface area (Å²) in [6.07, 6.45) is -0.598. The molecule has 3 aromatic rings. The Hall–Kier alpha value is -4.09. The monoisotopic (exact) mass is 497 g/mol. The molecular weight excluding hydrogens is 466 g/mol. The molecule has 0 bridgehead atoms. The predicted molar refractivity (Wildman–Crippen MR) is 132 cm³/mol. The maximum absolute atomic E-state index is 13.2. The molecule has 1 aromatic carbocycles. The summed E-state index contributed by atoms with van der Waals surface area (Å²) in [4.78, 5) is 42.9. The SMILES string of the molecule is CCn1nc(C)cc1C(=O)Nc1nc2cc(C(N)=O)cc3c2n1[C@@H](CCN(C(=O)O)C(C)(C)C)CO3. The molecule has 3 heterocycles. The van der Waals surface area contributed by atoms with E-state index in [9.17, 15) is 19.5 Å². The summed E-state index contributed by atoms with van der Waals surface area (Å²) in [5, 5.41) is 16.9. The van der Waals surface area contributed by atoms with Gasteiger partial charge in [-0.1, -0.05) is 0 Å². The number of carboxylic acid groups (broad SMARTS) is 1. The molecule has 0 spiro atoms. The number of primary amides is 1. The molecular formula is C24H31N7O5. The summed E-state index contributed by atoms with van der Waals surface area (Å²) >= 11 is 0. The first-order chi connectivity index (χ1) is 16.9. The summed E-state index contributed by atoms with van der Waals surface area (Å²) in [7, 11) is 0. The van der Waals surface area contributed by atoms with E-state index in [-0.39, 0.29) is 36.6 Å². The Bertz CT molecular complexity index is 1350. The highest BCUT2D eigenvalue weighted by molar-refractivity contribution is 6.04. The van der Waals surface area contributed by atoms with Gasteiger partial charge in [-0.2, -0.15) is 5.10 Å². The van der Waals surface area contributed by atoms with Crippen molar-refractivity contribution in [1.29, 1.82) is 0 Å². The van der Waals surface area contributed by atoms with Crippen LogP contribution in [0, 0.1) is 6.92 Å². The Kier molecular flexibility index (Phi) is 6.37. The summed E-state index contributed by atoms with van der Waals surface area (Å²) in [5.41, 5.74) is 7.28. The van der Waals surface area contributed by atoms with E-state index in [1.165, 1.54) is 4.90 Å². The van der Waals surface area contributed by atoms with Crippen LogP contribution in [0.25, 0.3) is 11.0 Å². The molecule has 1 aliphatic rings. The fourth-order valence-corrected chi connectivity index (χ4v) is 4.49. The molecule has 4 rings (SSSR count). The van der Waals surface area contributed by atoms with Crippen LogP contribution in [0.15, 0.2) is 18.2 Å². The molecule has 1 atom stereocenters. The number of aryl methyl sites for hydroxylation is 2. The zero-order valence-electron chi connectivity index (χ0n) is 21.0. The van der Waals surface area contributed by atoms with E-state index in [0.717, 1.165) is 0 Å². The largest absolute Gasteiger partial charge is 0.489 e. The molecule has 0 radical (unpaired) electrons. The molecule has 36 heavy (non-hydrogen) atoms. The Morgan fingerprint density at radius 1 is 1.28 bits per heavy atom. The molecule has 0 unspecified atom stereocenters. The first-order valence-corrected chi connectivity index (χ1v) is 11.8. The number of nitrogens with two attached hydrogens (primary N) is 1. The number of hydrogen-bond donors (Lipinski definition) is 3. The summed E-state index contributed by atoms with van der Waals surface area (Å²) in [6.45, 7) is 10.2. The minimum atomic E-state index is -1.02. The lowest BCUT2D eigenvalue weighted by Crippen LogP contribution is -2.46. The quantitative estimate of drug-likeness (QED) is 0.453. The van der Waals surface area contributed by atoms with Gasteiger partial charge in [0.2, 0.25) is 11.9 Å². The number of rotatable bonds is 7. The zero-order valence-corrected chi connectivity index (χ0v) is 21.0. The smallest absolute Gasteiger partial charge is 0.407 e. The van der Waals surface area contributed by atoms with Crippen LogP contribution in [0.3, 0.4) is 0 Å². The van der Waals surface area contributed by atoms with Crippen molar-refractivity contribution in [2.75, 3.05) is 18.5 Å². The van der Waals surface area contributed by atoms with E-state index >= 15 is 0 Å². The summed E-state index contributed by atoms with van der Waals surface area (Å²) in [6, 6.07) is 4.49. The number of amides is 3. The number of imidazole rings is 1. The Balaban J connectivity index is 1.75. The molecule has 2 aromatic heterocycles. The Labute approximate surface area is 208 Å². The van der Waals surface area contributed by atoms with Crippen LogP contribution in [0.5, 0.6) is 5.75 Å². The average Bonchev–Trinajstić information content (AvgIpc) is 3.35. The molecule has 12 heteroatoms. The van der Waals surface area contributed by atoms with Crippen molar-refractivity contribution in [3.63, 3.8) is 0 Å². The second-order valence-corrected chi connectivity index (χ2v) is 9.81. The highest BCUT2D eigenvalue weighted by Crippen LogP contribution is 2.38. The van der Waals surface area contributed by atoms with Gasteiger partial charge in [-0.3, -0.25) is 19.6 Å². The summed E-state index contributed by atoms with van der Waals surface area (Å²) in [5.74, 6) is -0.312. The Morgan fingerprint density at radius 2 is 2.00 bits per heavy atom. The third kappa shape index (κ3) is 4.58. The molecule has 1 aliphatic heterocycles. The highest BCUT2D eigenvalue weighted by Gasteiger charge is 2.32. The Morgan fingerprint density at radius 3 is 2.61 bits per heavy atom. The highest BCUT2D eigenvalue weighted by atomic mass is 16.5. The number of benzene rings is 1. The molecule has 192 valence electrons. The van der Waals surface area contributed by atoms with Crippen LogP contribution in [0.1, 0.15) is 66.7 Å². The molecule has 3 amide bonds. The van der Waals surface area contributed by atoms with Crippen molar-refractivity contribution in [2.24, 2.45) is 5.73 Å². The van der Waals surface area contributed by atoms with Crippen molar-refractivity contribution in [2.45, 2.75) is 59.2 Å². The van der Waals surface area contributed by atoms with E-state index in [2.05, 4.69) is 15.4 Å². The van der Waals surface area contributed by atoms with Crippen molar-refractivity contribution < 1.29 is 24.2 Å². The van der Waals surface area contributed by atoms with E-state index in [1.807, 2.05) is 39.2 Å². The number of carbonyl (C=O) groups is 3. The van der Waals surface area contributed by atoms with E-state index in [0.29, 0.717) is 41.1 Å². The lowest BCUT2D eigenvalue weighted by Gasteiger charge is -2.35. The van der Waals surface area contributed by atoms with Gasteiger partial charge in [-0.15, -0.1) is 0 Å². The normalized spacial score (nSPS) is 15.0. The lowest BCUT2D eigenvalue weighted by atomic mass is 10.0. The van der Waals surface area contributed by atoms with E-state index in [4.69, 9.17) is 10.5 Å². The zero-order chi connectivity index (χ0) is 26.4. The minimum Gasteiger partial charge on any atom is -0.489 e. The number of nitrogens with one attached hydrogen (secondary N) is 1. The van der Waals surface area contributed by atoms with Gasteiger partial charge in [0.25, 0.3) is 5.91 Å². The molecule has 0 saturated carbocycles. The number of hydrogen-bond acceptors (Lipinski definition) is 6. The molecule has 0 fully saturated rings. The van der Waals surface area contributed by atoms with Crippen LogP contribution in [-0.2, 0) is 6.54 Å². The third-order valence-electron chi connectivity index (χ3n) is 6.22. The van der Waals surface area contributed by atoms with Crippen LogP contribution in [0.4, 0.5) is 10.7 Å².